The van der Waals surface area contributed by atoms with E-state index in [4.69, 9.17) is 18.9 Å². The number of methoxy groups -OCH3 is 2. The van der Waals surface area contributed by atoms with Crippen molar-refractivity contribution in [3.8, 4) is 23.0 Å². The molecule has 8 nitrogen and oxygen atoms in total. The first kappa shape index (κ1) is 23.4. The van der Waals surface area contributed by atoms with Crippen molar-refractivity contribution in [3.05, 3.63) is 95.6 Å². The molecule has 4 aromatic carbocycles. The lowest BCUT2D eigenvalue weighted by Crippen LogP contribution is -2.29. The molecule has 1 saturated heterocycles. The SMILES string of the molecule is COc1ccc(C2/C(=C(\O)c3cccc4ccccc34)C(=O)C(=O)N2c2ccc3c(c2)OCO3)cc1OC. The van der Waals surface area contributed by atoms with Crippen LogP contribution in [0.4, 0.5) is 5.69 Å². The molecule has 1 fully saturated rings. The molecule has 6 rings (SSSR count). The molecule has 0 bridgehead atoms. The van der Waals surface area contributed by atoms with E-state index < -0.39 is 17.7 Å². The first-order valence-electron chi connectivity index (χ1n) is 11.9. The van der Waals surface area contributed by atoms with Crippen LogP contribution in [-0.2, 0) is 9.59 Å². The van der Waals surface area contributed by atoms with Gasteiger partial charge in [-0.15, -0.1) is 0 Å². The lowest BCUT2D eigenvalue weighted by molar-refractivity contribution is -0.132. The fourth-order valence-corrected chi connectivity index (χ4v) is 5.05. The molecule has 0 aromatic heterocycles. The minimum absolute atomic E-state index is 0.0313. The highest BCUT2D eigenvalue weighted by Crippen LogP contribution is 2.46. The molecule has 1 atom stereocenters. The summed E-state index contributed by atoms with van der Waals surface area (Å²) in [6.07, 6.45) is 0. The number of nitrogens with zero attached hydrogens (tertiary/aromatic N) is 1. The Bertz CT molecular complexity index is 1640. The van der Waals surface area contributed by atoms with Gasteiger partial charge in [-0.1, -0.05) is 48.5 Å². The third-order valence-corrected chi connectivity index (χ3v) is 6.85. The minimum atomic E-state index is -0.950. The van der Waals surface area contributed by atoms with Crippen molar-refractivity contribution in [2.24, 2.45) is 0 Å². The number of Topliss-reactive ketones (excluding diaryl/α,β-unsaturated/α-hetero) is 1. The number of benzene rings is 4. The van der Waals surface area contributed by atoms with Crippen LogP contribution in [0.2, 0.25) is 0 Å². The van der Waals surface area contributed by atoms with Crippen molar-refractivity contribution in [2.75, 3.05) is 25.9 Å². The Morgan fingerprint density at radius 2 is 1.63 bits per heavy atom. The fraction of sp³-hybridized carbons (Fsp3) is 0.133. The van der Waals surface area contributed by atoms with E-state index in [1.54, 1.807) is 48.5 Å². The fourth-order valence-electron chi connectivity index (χ4n) is 5.05. The second kappa shape index (κ2) is 9.15. The first-order valence-corrected chi connectivity index (χ1v) is 11.9. The van der Waals surface area contributed by atoms with E-state index in [0.29, 0.717) is 39.8 Å². The molecule has 1 amide bonds. The van der Waals surface area contributed by atoms with Crippen LogP contribution >= 0.6 is 0 Å². The summed E-state index contributed by atoms with van der Waals surface area (Å²) in [5.74, 6) is 0.0894. The largest absolute Gasteiger partial charge is 0.507 e. The van der Waals surface area contributed by atoms with Gasteiger partial charge < -0.3 is 24.1 Å². The Hall–Kier alpha value is -4.98. The highest BCUT2D eigenvalue weighted by Gasteiger charge is 2.47. The standard InChI is InChI=1S/C30H23NO7/c1-35-22-12-10-18(14-24(22)36-2)27-26(28(32)21-9-5-7-17-6-3-4-8-20(17)21)29(33)30(34)31(27)19-11-13-23-25(15-19)38-16-37-23/h3-15,27,32H,16H2,1-2H3/b28-26+. The zero-order chi connectivity index (χ0) is 26.4. The van der Waals surface area contributed by atoms with E-state index in [2.05, 4.69) is 0 Å². The third kappa shape index (κ3) is 3.61. The number of aliphatic hydroxyl groups is 1. The van der Waals surface area contributed by atoms with E-state index in [1.807, 2.05) is 30.3 Å². The van der Waals surface area contributed by atoms with Crippen molar-refractivity contribution in [3.63, 3.8) is 0 Å². The molecular weight excluding hydrogens is 486 g/mol. The zero-order valence-corrected chi connectivity index (χ0v) is 20.6. The molecule has 2 aliphatic heterocycles. The van der Waals surface area contributed by atoms with Gasteiger partial charge in [0.1, 0.15) is 5.76 Å². The number of rotatable bonds is 5. The maximum absolute atomic E-state index is 13.6. The Morgan fingerprint density at radius 3 is 2.45 bits per heavy atom. The molecule has 4 aromatic rings. The molecular formula is C30H23NO7. The van der Waals surface area contributed by atoms with Crippen LogP contribution in [0.15, 0.2) is 84.4 Å². The summed E-state index contributed by atoms with van der Waals surface area (Å²) in [6.45, 7) is 0.0673. The van der Waals surface area contributed by atoms with E-state index in [1.165, 1.54) is 19.1 Å². The third-order valence-electron chi connectivity index (χ3n) is 6.85. The second-order valence-corrected chi connectivity index (χ2v) is 8.85. The second-order valence-electron chi connectivity index (χ2n) is 8.85. The predicted molar refractivity (Wildman–Crippen MR) is 141 cm³/mol. The van der Waals surface area contributed by atoms with E-state index in [9.17, 15) is 14.7 Å². The Labute approximate surface area is 218 Å². The molecule has 1 N–H and O–H groups in total. The normalized spacial score (nSPS) is 17.7. The van der Waals surface area contributed by atoms with Gasteiger partial charge in [0.15, 0.2) is 23.0 Å². The molecule has 190 valence electrons. The molecule has 0 aliphatic carbocycles. The Morgan fingerprint density at radius 1 is 0.868 bits per heavy atom. The van der Waals surface area contributed by atoms with Gasteiger partial charge in [0.25, 0.3) is 11.7 Å². The molecule has 38 heavy (non-hydrogen) atoms. The monoisotopic (exact) mass is 509 g/mol. The molecule has 0 spiro atoms. The van der Waals surface area contributed by atoms with Crippen LogP contribution in [0.25, 0.3) is 16.5 Å². The van der Waals surface area contributed by atoms with Crippen molar-refractivity contribution in [1.29, 1.82) is 0 Å². The highest BCUT2D eigenvalue weighted by molar-refractivity contribution is 6.51. The van der Waals surface area contributed by atoms with E-state index in [-0.39, 0.29) is 18.1 Å². The van der Waals surface area contributed by atoms with Gasteiger partial charge >= 0.3 is 0 Å². The number of hydrogen-bond donors (Lipinski definition) is 1. The predicted octanol–water partition coefficient (Wildman–Crippen LogP) is 5.21. The Balaban J connectivity index is 1.60. The van der Waals surface area contributed by atoms with Gasteiger partial charge in [-0.05, 0) is 40.6 Å². The summed E-state index contributed by atoms with van der Waals surface area (Å²) in [5, 5.41) is 13.3. The number of hydrogen-bond acceptors (Lipinski definition) is 7. The number of aliphatic hydroxyl groups excluding tert-OH is 1. The number of amides is 1. The summed E-state index contributed by atoms with van der Waals surface area (Å²) in [6, 6.07) is 22.2. The lowest BCUT2D eigenvalue weighted by atomic mass is 9.93. The van der Waals surface area contributed by atoms with Gasteiger partial charge in [-0.3, -0.25) is 14.5 Å². The van der Waals surface area contributed by atoms with Crippen molar-refractivity contribution < 1.29 is 33.6 Å². The lowest BCUT2D eigenvalue weighted by Gasteiger charge is -2.26. The van der Waals surface area contributed by atoms with Crippen LogP contribution in [0, 0.1) is 0 Å². The average Bonchev–Trinajstić information content (AvgIpc) is 3.53. The summed E-state index contributed by atoms with van der Waals surface area (Å²) in [7, 11) is 3.03. The van der Waals surface area contributed by atoms with Gasteiger partial charge in [0.05, 0.1) is 25.8 Å². The smallest absolute Gasteiger partial charge is 0.300 e. The zero-order valence-electron chi connectivity index (χ0n) is 20.6. The molecule has 2 aliphatic rings. The summed E-state index contributed by atoms with van der Waals surface area (Å²) < 4.78 is 21.8. The minimum Gasteiger partial charge on any atom is -0.507 e. The summed E-state index contributed by atoms with van der Waals surface area (Å²) in [5.41, 5.74) is 1.41. The van der Waals surface area contributed by atoms with Crippen LogP contribution < -0.4 is 23.8 Å². The van der Waals surface area contributed by atoms with Crippen LogP contribution in [0.5, 0.6) is 23.0 Å². The van der Waals surface area contributed by atoms with Crippen LogP contribution in [0.3, 0.4) is 0 Å². The Kier molecular flexibility index (Phi) is 5.64. The van der Waals surface area contributed by atoms with Gasteiger partial charge in [-0.2, -0.15) is 0 Å². The molecule has 0 radical (unpaired) electrons. The van der Waals surface area contributed by atoms with E-state index >= 15 is 0 Å². The quantitative estimate of drug-likeness (QED) is 0.224. The molecule has 8 heteroatoms. The van der Waals surface area contributed by atoms with E-state index in [0.717, 1.165) is 10.8 Å². The maximum Gasteiger partial charge on any atom is 0.300 e. The highest BCUT2D eigenvalue weighted by atomic mass is 16.7. The number of carbonyl (C=O) groups excluding carboxylic acids is 2. The maximum atomic E-state index is 13.6. The van der Waals surface area contributed by atoms with Gasteiger partial charge in [0.2, 0.25) is 6.79 Å². The van der Waals surface area contributed by atoms with Crippen molar-refractivity contribution >= 4 is 33.9 Å². The van der Waals surface area contributed by atoms with Gasteiger partial charge in [0, 0.05) is 17.3 Å². The number of carbonyl (C=O) groups is 2. The molecule has 1 unspecified atom stereocenters. The van der Waals surface area contributed by atoms with Crippen molar-refractivity contribution in [1.82, 2.24) is 0 Å². The first-order chi connectivity index (χ1) is 18.5. The average molecular weight is 510 g/mol. The number of fused-ring (bicyclic) bond motifs is 2. The molecule has 0 saturated carbocycles. The molecule has 2 heterocycles. The van der Waals surface area contributed by atoms with Crippen molar-refractivity contribution in [2.45, 2.75) is 6.04 Å². The van der Waals surface area contributed by atoms with Crippen LogP contribution in [-0.4, -0.2) is 37.8 Å². The van der Waals surface area contributed by atoms with Crippen LogP contribution in [0.1, 0.15) is 17.2 Å². The summed E-state index contributed by atoms with van der Waals surface area (Å²) in [4.78, 5) is 28.6. The number of ether oxygens (including phenoxy) is 4. The van der Waals surface area contributed by atoms with Gasteiger partial charge in [-0.25, -0.2) is 0 Å². The number of anilines is 1. The summed E-state index contributed by atoms with van der Waals surface area (Å²) >= 11 is 0. The topological polar surface area (TPSA) is 94.5 Å². The number of ketones is 1.